The maximum Gasteiger partial charge on any atom is 0.244 e. The van der Waals surface area contributed by atoms with Gasteiger partial charge >= 0.3 is 0 Å². The van der Waals surface area contributed by atoms with E-state index in [9.17, 15) is 4.79 Å². The predicted octanol–water partition coefficient (Wildman–Crippen LogP) is 3.90. The Labute approximate surface area is 140 Å². The largest absolute Gasteiger partial charge is 0.337 e. The second kappa shape index (κ2) is 7.23. The van der Waals surface area contributed by atoms with Crippen LogP contribution in [0.15, 0.2) is 28.8 Å². The molecule has 1 aliphatic heterocycles. The second-order valence-corrected chi connectivity index (χ2v) is 6.28. The van der Waals surface area contributed by atoms with Gasteiger partial charge in [0.25, 0.3) is 0 Å². The molecule has 1 aromatic heterocycles. The Morgan fingerprint density at radius 2 is 2.30 bits per heavy atom. The third-order valence-corrected chi connectivity index (χ3v) is 4.43. The molecular weight excluding hydrogens is 314 g/mol. The summed E-state index contributed by atoms with van der Waals surface area (Å²) in [6, 6.07) is 7.42. The van der Waals surface area contributed by atoms with Crippen molar-refractivity contribution < 1.29 is 9.32 Å². The Kier molecular flexibility index (Phi) is 5.08. The van der Waals surface area contributed by atoms with Gasteiger partial charge in [0, 0.05) is 17.0 Å². The molecule has 23 heavy (non-hydrogen) atoms. The van der Waals surface area contributed by atoms with E-state index in [0.29, 0.717) is 29.7 Å². The Hall–Kier alpha value is -1.72. The number of rotatable bonds is 5. The van der Waals surface area contributed by atoms with E-state index in [1.54, 1.807) is 0 Å². The van der Waals surface area contributed by atoms with E-state index in [0.717, 1.165) is 31.4 Å². The van der Waals surface area contributed by atoms with E-state index >= 15 is 0 Å². The van der Waals surface area contributed by atoms with Crippen LogP contribution in [0.4, 0.5) is 0 Å². The minimum absolute atomic E-state index is 0.0275. The summed E-state index contributed by atoms with van der Waals surface area (Å²) in [6.07, 6.45) is 3.70. The highest BCUT2D eigenvalue weighted by molar-refractivity contribution is 6.30. The molecule has 3 rings (SSSR count). The fourth-order valence-electron chi connectivity index (χ4n) is 2.91. The van der Waals surface area contributed by atoms with Gasteiger partial charge in [0.2, 0.25) is 11.7 Å². The smallest absolute Gasteiger partial charge is 0.244 e. The van der Waals surface area contributed by atoms with Gasteiger partial charge in [0.1, 0.15) is 5.78 Å². The first-order valence-corrected chi connectivity index (χ1v) is 8.40. The molecular formula is C17H20ClN3O2. The zero-order valence-electron chi connectivity index (χ0n) is 13.2. The van der Waals surface area contributed by atoms with Crippen LogP contribution < -0.4 is 0 Å². The van der Waals surface area contributed by atoms with Gasteiger partial charge in [-0.15, -0.1) is 0 Å². The predicted molar refractivity (Wildman–Crippen MR) is 88.2 cm³/mol. The number of hydrogen-bond acceptors (Lipinski definition) is 5. The van der Waals surface area contributed by atoms with Gasteiger partial charge in [-0.25, -0.2) is 0 Å². The molecule has 1 atom stereocenters. The highest BCUT2D eigenvalue weighted by Gasteiger charge is 2.29. The van der Waals surface area contributed by atoms with Crippen molar-refractivity contribution in [2.75, 3.05) is 13.1 Å². The average Bonchev–Trinajstić information content (AvgIpc) is 3.05. The van der Waals surface area contributed by atoms with Crippen LogP contribution in [0.2, 0.25) is 5.02 Å². The van der Waals surface area contributed by atoms with Crippen LogP contribution in [0.3, 0.4) is 0 Å². The number of piperidine rings is 1. The molecule has 1 fully saturated rings. The first-order valence-electron chi connectivity index (χ1n) is 8.02. The van der Waals surface area contributed by atoms with Crippen molar-refractivity contribution >= 4 is 17.4 Å². The van der Waals surface area contributed by atoms with Crippen LogP contribution in [0.5, 0.6) is 0 Å². The molecule has 0 aliphatic carbocycles. The van der Waals surface area contributed by atoms with Crippen LogP contribution in [-0.2, 0) is 4.79 Å². The Morgan fingerprint density at radius 3 is 3.09 bits per heavy atom. The van der Waals surface area contributed by atoms with Crippen molar-refractivity contribution in [1.82, 2.24) is 15.0 Å². The average molecular weight is 334 g/mol. The third kappa shape index (κ3) is 3.79. The van der Waals surface area contributed by atoms with E-state index in [-0.39, 0.29) is 11.8 Å². The maximum atomic E-state index is 11.8. The van der Waals surface area contributed by atoms with Crippen molar-refractivity contribution in [3.63, 3.8) is 0 Å². The lowest BCUT2D eigenvalue weighted by Crippen LogP contribution is -2.37. The van der Waals surface area contributed by atoms with Gasteiger partial charge in [0.05, 0.1) is 12.6 Å². The van der Waals surface area contributed by atoms with Gasteiger partial charge in [-0.2, -0.15) is 4.98 Å². The summed E-state index contributed by atoms with van der Waals surface area (Å²) in [5.74, 6) is 1.37. The van der Waals surface area contributed by atoms with Crippen molar-refractivity contribution in [2.24, 2.45) is 0 Å². The number of hydrogen-bond donors (Lipinski definition) is 0. The van der Waals surface area contributed by atoms with E-state index in [2.05, 4.69) is 15.0 Å². The molecule has 2 heterocycles. The minimum atomic E-state index is 0.0275. The van der Waals surface area contributed by atoms with E-state index in [4.69, 9.17) is 16.1 Å². The number of likely N-dealkylation sites (tertiary alicyclic amines) is 1. The number of aromatic nitrogens is 2. The molecule has 6 heteroatoms. The van der Waals surface area contributed by atoms with Gasteiger partial charge in [-0.05, 0) is 31.5 Å². The van der Waals surface area contributed by atoms with Gasteiger partial charge in [-0.3, -0.25) is 9.69 Å². The normalized spacial score (nSPS) is 19.0. The molecule has 1 saturated heterocycles. The summed E-state index contributed by atoms with van der Waals surface area (Å²) in [5, 5.41) is 4.72. The molecule has 1 aliphatic rings. The zero-order valence-corrected chi connectivity index (χ0v) is 13.9. The van der Waals surface area contributed by atoms with E-state index < -0.39 is 0 Å². The topological polar surface area (TPSA) is 59.2 Å². The molecule has 0 N–H and O–H groups in total. The summed E-state index contributed by atoms with van der Waals surface area (Å²) >= 11 is 6.01. The van der Waals surface area contributed by atoms with Crippen LogP contribution >= 0.6 is 11.6 Å². The van der Waals surface area contributed by atoms with Crippen LogP contribution in [0, 0.1) is 0 Å². The second-order valence-electron chi connectivity index (χ2n) is 5.84. The quantitative estimate of drug-likeness (QED) is 0.830. The molecule has 1 aromatic carbocycles. The number of carbonyl (C=O) groups excluding carboxylic acids is 1. The van der Waals surface area contributed by atoms with Crippen molar-refractivity contribution in [3.05, 3.63) is 35.2 Å². The zero-order chi connectivity index (χ0) is 16.2. The fraction of sp³-hybridized carbons (Fsp3) is 0.471. The number of nitrogens with zero attached hydrogens (tertiary/aromatic N) is 3. The van der Waals surface area contributed by atoms with E-state index in [1.807, 2.05) is 31.2 Å². The third-order valence-electron chi connectivity index (χ3n) is 4.20. The van der Waals surface area contributed by atoms with Gasteiger partial charge < -0.3 is 4.52 Å². The summed E-state index contributed by atoms with van der Waals surface area (Å²) in [7, 11) is 0. The minimum Gasteiger partial charge on any atom is -0.337 e. The molecule has 2 aromatic rings. The number of halogens is 1. The molecule has 0 radical (unpaired) electrons. The van der Waals surface area contributed by atoms with Gasteiger partial charge in [-0.1, -0.05) is 42.2 Å². The highest BCUT2D eigenvalue weighted by Crippen LogP contribution is 2.31. The summed E-state index contributed by atoms with van der Waals surface area (Å²) in [5.41, 5.74) is 0.833. The van der Waals surface area contributed by atoms with E-state index in [1.165, 1.54) is 0 Å². The van der Waals surface area contributed by atoms with Crippen LogP contribution in [0.25, 0.3) is 11.4 Å². The lowest BCUT2D eigenvalue weighted by Gasteiger charge is -2.32. The molecule has 0 amide bonds. The lowest BCUT2D eigenvalue weighted by molar-refractivity contribution is -0.121. The first-order chi connectivity index (χ1) is 11.2. The number of Topliss-reactive ketones (excluding diaryl/α,β-unsaturated/α-hetero) is 1. The Bertz CT molecular complexity index is 686. The number of benzene rings is 1. The monoisotopic (exact) mass is 333 g/mol. The first kappa shape index (κ1) is 16.1. The molecule has 5 nitrogen and oxygen atoms in total. The van der Waals surface area contributed by atoms with Crippen LogP contribution in [0.1, 0.15) is 44.5 Å². The number of carbonyl (C=O) groups is 1. The summed E-state index contributed by atoms with van der Waals surface area (Å²) < 4.78 is 5.49. The van der Waals surface area contributed by atoms with Crippen molar-refractivity contribution in [3.8, 4) is 11.4 Å². The fourth-order valence-corrected chi connectivity index (χ4v) is 3.10. The van der Waals surface area contributed by atoms with Crippen molar-refractivity contribution in [1.29, 1.82) is 0 Å². The number of ketones is 1. The Balaban J connectivity index is 1.81. The molecule has 122 valence electrons. The van der Waals surface area contributed by atoms with Crippen molar-refractivity contribution in [2.45, 2.75) is 38.6 Å². The molecule has 0 bridgehead atoms. The summed E-state index contributed by atoms with van der Waals surface area (Å²) in [6.45, 7) is 3.24. The maximum absolute atomic E-state index is 11.8. The molecule has 0 saturated carbocycles. The Morgan fingerprint density at radius 1 is 1.43 bits per heavy atom. The van der Waals surface area contributed by atoms with Crippen LogP contribution in [-0.4, -0.2) is 33.9 Å². The molecule has 0 spiro atoms. The summed E-state index contributed by atoms with van der Waals surface area (Å²) in [4.78, 5) is 18.5. The SMILES string of the molecule is CCC(=O)CN1CCCCC1c1nc(-c2cccc(Cl)c2)no1. The lowest BCUT2D eigenvalue weighted by atomic mass is 10.0. The molecule has 1 unspecified atom stereocenters. The standard InChI is InChI=1S/C17H20ClN3O2/c1-2-14(22)11-21-9-4-3-8-15(21)17-19-16(20-23-17)12-6-5-7-13(18)10-12/h5-7,10,15H,2-4,8-9,11H2,1H3. The highest BCUT2D eigenvalue weighted by atomic mass is 35.5. The van der Waals surface area contributed by atoms with Gasteiger partial charge in [0.15, 0.2) is 0 Å².